The molecule has 1 nitrogen and oxygen atoms in total. The lowest BCUT2D eigenvalue weighted by molar-refractivity contribution is -0.159. The van der Waals surface area contributed by atoms with Gasteiger partial charge in [0.25, 0.3) is 0 Å². The Labute approximate surface area is 73.1 Å². The zero-order valence-electron chi connectivity index (χ0n) is 7.85. The van der Waals surface area contributed by atoms with Crippen LogP contribution < -0.4 is 0 Å². The fourth-order valence-corrected chi connectivity index (χ4v) is 1.10. The van der Waals surface area contributed by atoms with E-state index in [1.807, 2.05) is 0 Å². The van der Waals surface area contributed by atoms with Gasteiger partial charge in [0, 0.05) is 0 Å². The summed E-state index contributed by atoms with van der Waals surface area (Å²) in [4.78, 5) is 0. The van der Waals surface area contributed by atoms with E-state index in [-0.39, 0.29) is 6.10 Å². The van der Waals surface area contributed by atoms with Crippen molar-refractivity contribution >= 4 is 0 Å². The van der Waals surface area contributed by atoms with Crippen LogP contribution in [0.1, 0.15) is 46.0 Å². The number of halogens is 2. The summed E-state index contributed by atoms with van der Waals surface area (Å²) in [7, 11) is 0. The van der Waals surface area contributed by atoms with Gasteiger partial charge in [0.2, 0.25) is 0 Å². The zero-order valence-corrected chi connectivity index (χ0v) is 7.85. The molecule has 0 bridgehead atoms. The van der Waals surface area contributed by atoms with Gasteiger partial charge in [-0.05, 0) is 13.3 Å². The molecule has 12 heavy (non-hydrogen) atoms. The van der Waals surface area contributed by atoms with Gasteiger partial charge in [-0.15, -0.1) is 0 Å². The predicted octanol–water partition coefficient (Wildman–Crippen LogP) is 3.58. The van der Waals surface area contributed by atoms with Crippen LogP contribution in [0.5, 0.6) is 0 Å². The van der Waals surface area contributed by atoms with Crippen LogP contribution in [0.3, 0.4) is 0 Å². The molecule has 1 atom stereocenters. The Bertz CT molecular complexity index is 96.5. The number of hydrogen-bond acceptors (Lipinski definition) is 1. The zero-order chi connectivity index (χ0) is 9.40. The lowest BCUT2D eigenvalue weighted by atomic mass is 10.1. The van der Waals surface area contributed by atoms with E-state index in [0.717, 1.165) is 19.3 Å². The van der Waals surface area contributed by atoms with Gasteiger partial charge >= 0.3 is 6.61 Å². The van der Waals surface area contributed by atoms with Crippen LogP contribution >= 0.6 is 0 Å². The third-order valence-electron chi connectivity index (χ3n) is 1.80. The average molecular weight is 180 g/mol. The third kappa shape index (κ3) is 7.92. The molecular formula is C9H18F2O. The van der Waals surface area contributed by atoms with Gasteiger partial charge in [-0.1, -0.05) is 32.6 Å². The molecular weight excluding hydrogens is 162 g/mol. The minimum atomic E-state index is -2.62. The first-order valence-corrected chi connectivity index (χ1v) is 4.60. The normalized spacial score (nSPS) is 13.8. The minimum absolute atomic E-state index is 0.304. The van der Waals surface area contributed by atoms with Crippen molar-refractivity contribution in [2.45, 2.75) is 58.7 Å². The molecule has 0 aliphatic carbocycles. The molecule has 0 N–H and O–H groups in total. The fraction of sp³-hybridized carbons (Fsp3) is 1.00. The van der Waals surface area contributed by atoms with Crippen molar-refractivity contribution in [2.75, 3.05) is 0 Å². The maximum atomic E-state index is 11.6. The Balaban J connectivity index is 3.14. The van der Waals surface area contributed by atoms with Crippen LogP contribution in [0.25, 0.3) is 0 Å². The SMILES string of the molecule is CCCCCCC(C)OC(F)F. The molecule has 3 heteroatoms. The molecule has 0 aliphatic rings. The summed E-state index contributed by atoms with van der Waals surface area (Å²) < 4.78 is 27.6. The van der Waals surface area contributed by atoms with E-state index in [2.05, 4.69) is 11.7 Å². The largest absolute Gasteiger partial charge is 0.345 e. The summed E-state index contributed by atoms with van der Waals surface area (Å²) in [6, 6.07) is 0. The smallest absolute Gasteiger partial charge is 0.320 e. The van der Waals surface area contributed by atoms with Gasteiger partial charge < -0.3 is 4.74 Å². The minimum Gasteiger partial charge on any atom is -0.320 e. The van der Waals surface area contributed by atoms with Crippen molar-refractivity contribution in [3.8, 4) is 0 Å². The number of alkyl halides is 2. The Morgan fingerprint density at radius 1 is 1.17 bits per heavy atom. The summed E-state index contributed by atoms with van der Waals surface area (Å²) in [5, 5.41) is 0. The molecule has 0 aromatic heterocycles. The van der Waals surface area contributed by atoms with Crippen molar-refractivity contribution in [1.29, 1.82) is 0 Å². The van der Waals surface area contributed by atoms with Crippen LogP contribution in [-0.4, -0.2) is 12.7 Å². The van der Waals surface area contributed by atoms with Crippen LogP contribution in [-0.2, 0) is 4.74 Å². The lowest BCUT2D eigenvalue weighted by Crippen LogP contribution is -2.11. The molecule has 0 radical (unpaired) electrons. The van der Waals surface area contributed by atoms with Crippen LogP contribution in [0.15, 0.2) is 0 Å². The average Bonchev–Trinajstić information content (AvgIpc) is 1.97. The second kappa shape index (κ2) is 7.47. The van der Waals surface area contributed by atoms with Crippen LogP contribution in [0.4, 0.5) is 8.78 Å². The Morgan fingerprint density at radius 3 is 2.33 bits per heavy atom. The summed E-state index contributed by atoms with van der Waals surface area (Å²) in [5.74, 6) is 0. The van der Waals surface area contributed by atoms with Gasteiger partial charge in [0.1, 0.15) is 0 Å². The quantitative estimate of drug-likeness (QED) is 0.544. The van der Waals surface area contributed by atoms with Crippen molar-refractivity contribution in [3.63, 3.8) is 0 Å². The molecule has 0 amide bonds. The summed E-state index contributed by atoms with van der Waals surface area (Å²) in [5.41, 5.74) is 0. The first-order valence-electron chi connectivity index (χ1n) is 4.60. The fourth-order valence-electron chi connectivity index (χ4n) is 1.10. The first-order chi connectivity index (χ1) is 5.66. The maximum absolute atomic E-state index is 11.6. The maximum Gasteiger partial charge on any atom is 0.345 e. The van der Waals surface area contributed by atoms with E-state index in [4.69, 9.17) is 0 Å². The summed E-state index contributed by atoms with van der Waals surface area (Å²) in [6.07, 6.45) is 4.90. The predicted molar refractivity (Wildman–Crippen MR) is 45.3 cm³/mol. The summed E-state index contributed by atoms with van der Waals surface area (Å²) >= 11 is 0. The molecule has 0 rings (SSSR count). The monoisotopic (exact) mass is 180 g/mol. The highest BCUT2D eigenvalue weighted by Crippen LogP contribution is 2.10. The highest BCUT2D eigenvalue weighted by molar-refractivity contribution is 4.50. The third-order valence-corrected chi connectivity index (χ3v) is 1.80. The molecule has 0 saturated carbocycles. The van der Waals surface area contributed by atoms with Crippen LogP contribution in [0, 0.1) is 0 Å². The second-order valence-corrected chi connectivity index (χ2v) is 3.06. The highest BCUT2D eigenvalue weighted by atomic mass is 19.3. The van der Waals surface area contributed by atoms with Crippen molar-refractivity contribution in [3.05, 3.63) is 0 Å². The first kappa shape index (κ1) is 11.8. The molecule has 1 unspecified atom stereocenters. The van der Waals surface area contributed by atoms with Crippen molar-refractivity contribution in [1.82, 2.24) is 0 Å². The van der Waals surface area contributed by atoms with Crippen molar-refractivity contribution in [2.24, 2.45) is 0 Å². The standard InChI is InChI=1S/C9H18F2O/c1-3-4-5-6-7-8(2)12-9(10)11/h8-9H,3-7H2,1-2H3. The van der Waals surface area contributed by atoms with E-state index >= 15 is 0 Å². The highest BCUT2D eigenvalue weighted by Gasteiger charge is 2.08. The van der Waals surface area contributed by atoms with Crippen molar-refractivity contribution < 1.29 is 13.5 Å². The molecule has 0 aromatic rings. The molecule has 0 saturated heterocycles. The molecule has 74 valence electrons. The van der Waals surface area contributed by atoms with E-state index in [1.165, 1.54) is 12.8 Å². The number of ether oxygens (including phenoxy) is 1. The van der Waals surface area contributed by atoms with Gasteiger partial charge in [-0.2, -0.15) is 8.78 Å². The molecule has 0 fully saturated rings. The Morgan fingerprint density at radius 2 is 1.83 bits per heavy atom. The van der Waals surface area contributed by atoms with E-state index in [0.29, 0.717) is 0 Å². The lowest BCUT2D eigenvalue weighted by Gasteiger charge is -2.11. The van der Waals surface area contributed by atoms with E-state index in [9.17, 15) is 8.78 Å². The topological polar surface area (TPSA) is 9.23 Å². The van der Waals surface area contributed by atoms with E-state index in [1.54, 1.807) is 6.92 Å². The summed E-state index contributed by atoms with van der Waals surface area (Å²) in [6.45, 7) is 1.20. The molecule has 0 heterocycles. The number of rotatable bonds is 7. The molecule has 0 aromatic carbocycles. The number of hydrogen-bond donors (Lipinski definition) is 0. The molecule has 0 aliphatic heterocycles. The Hall–Kier alpha value is -0.180. The van der Waals surface area contributed by atoms with Gasteiger partial charge in [-0.25, -0.2) is 0 Å². The van der Waals surface area contributed by atoms with Gasteiger partial charge in [0.05, 0.1) is 6.10 Å². The Kier molecular flexibility index (Phi) is 7.36. The number of unbranched alkanes of at least 4 members (excludes halogenated alkanes) is 3. The second-order valence-electron chi connectivity index (χ2n) is 3.06. The van der Waals surface area contributed by atoms with Gasteiger partial charge in [-0.3, -0.25) is 0 Å². The van der Waals surface area contributed by atoms with Gasteiger partial charge in [0.15, 0.2) is 0 Å². The molecule has 0 spiro atoms. The van der Waals surface area contributed by atoms with Crippen LogP contribution in [0.2, 0.25) is 0 Å². The van der Waals surface area contributed by atoms with E-state index < -0.39 is 6.61 Å².